The Morgan fingerprint density at radius 3 is 2.62 bits per heavy atom. The molecule has 6 nitrogen and oxygen atoms in total. The second-order valence-electron chi connectivity index (χ2n) is 8.28. The predicted octanol–water partition coefficient (Wildman–Crippen LogP) is 3.20. The second-order valence-corrected chi connectivity index (χ2v) is 10.3. The fraction of sp³-hybridized carbons (Fsp3) is 0.250. The Morgan fingerprint density at radius 2 is 1.91 bits per heavy atom. The van der Waals surface area contributed by atoms with Crippen molar-refractivity contribution in [3.05, 3.63) is 82.7 Å². The fourth-order valence-corrected chi connectivity index (χ4v) is 6.04. The average Bonchev–Trinajstić information content (AvgIpc) is 3.19. The Morgan fingerprint density at radius 1 is 1.09 bits per heavy atom. The van der Waals surface area contributed by atoms with Crippen molar-refractivity contribution in [1.82, 2.24) is 9.97 Å². The van der Waals surface area contributed by atoms with E-state index in [1.807, 2.05) is 61.5 Å². The molecule has 8 heteroatoms. The molecule has 1 aromatic heterocycles. The minimum absolute atomic E-state index is 0.130. The van der Waals surface area contributed by atoms with Gasteiger partial charge in [0.05, 0.1) is 23.7 Å². The first-order valence-electron chi connectivity index (χ1n) is 10.7. The molecule has 2 aliphatic heterocycles. The molecule has 0 radical (unpaired) electrons. The van der Waals surface area contributed by atoms with E-state index in [2.05, 4.69) is 4.98 Å². The topological polar surface area (TPSA) is 89.4 Å². The zero-order valence-corrected chi connectivity index (χ0v) is 18.6. The van der Waals surface area contributed by atoms with E-state index in [1.54, 1.807) is 0 Å². The van der Waals surface area contributed by atoms with Crippen molar-refractivity contribution in [2.45, 2.75) is 31.1 Å². The molecule has 32 heavy (non-hydrogen) atoms. The van der Waals surface area contributed by atoms with Crippen molar-refractivity contribution in [3.8, 4) is 11.4 Å². The van der Waals surface area contributed by atoms with Crippen molar-refractivity contribution in [2.75, 3.05) is 12.4 Å². The minimum Gasteiger partial charge on any atom is -0.423 e. The highest BCUT2D eigenvalue weighted by Crippen LogP contribution is 2.31. The Balaban J connectivity index is 1.56. The summed E-state index contributed by atoms with van der Waals surface area (Å²) in [6.45, 7) is 2.40. The molecular weight excluding hydrogens is 423 g/mol. The first-order valence-corrected chi connectivity index (χ1v) is 12.3. The van der Waals surface area contributed by atoms with Gasteiger partial charge in [0.1, 0.15) is 4.90 Å². The van der Waals surface area contributed by atoms with E-state index in [9.17, 15) is 13.4 Å². The van der Waals surface area contributed by atoms with E-state index < -0.39 is 17.0 Å². The third-order valence-electron chi connectivity index (χ3n) is 5.90. The number of aromatic nitrogens is 2. The maximum atomic E-state index is 12.9. The van der Waals surface area contributed by atoms with Gasteiger partial charge in [-0.15, -0.1) is 0 Å². The van der Waals surface area contributed by atoms with Crippen LogP contribution in [0.25, 0.3) is 16.9 Å². The minimum atomic E-state index is -3.41. The smallest absolute Gasteiger partial charge is 0.423 e. The quantitative estimate of drug-likeness (QED) is 0.620. The molecule has 3 aromatic rings. The molecule has 3 heterocycles. The SMILES string of the molecule is Cc1cccc(-c2nc3c(c(Cc4ccc(C5=CCOB5O)cc4)n2)S(=O)(=O)CCC3)c1. The molecule has 5 rings (SSSR count). The van der Waals surface area contributed by atoms with Gasteiger partial charge in [-0.3, -0.25) is 0 Å². The van der Waals surface area contributed by atoms with Gasteiger partial charge >= 0.3 is 7.12 Å². The number of hydrogen-bond donors (Lipinski definition) is 1. The highest BCUT2D eigenvalue weighted by Gasteiger charge is 2.30. The Kier molecular flexibility index (Phi) is 5.45. The summed E-state index contributed by atoms with van der Waals surface area (Å²) in [6, 6.07) is 15.7. The molecule has 0 fully saturated rings. The molecule has 0 saturated heterocycles. The zero-order chi connectivity index (χ0) is 22.3. The van der Waals surface area contributed by atoms with E-state index in [1.165, 1.54) is 0 Å². The number of aryl methyl sites for hydroxylation is 2. The van der Waals surface area contributed by atoms with Crippen LogP contribution < -0.4 is 0 Å². The predicted molar refractivity (Wildman–Crippen MR) is 124 cm³/mol. The maximum Gasteiger partial charge on any atom is 0.491 e. The van der Waals surface area contributed by atoms with E-state index in [4.69, 9.17) is 9.64 Å². The summed E-state index contributed by atoms with van der Waals surface area (Å²) in [7, 11) is -4.32. The Bertz CT molecular complexity index is 1320. The molecule has 0 unspecified atom stereocenters. The van der Waals surface area contributed by atoms with Gasteiger partial charge in [-0.2, -0.15) is 0 Å². The lowest BCUT2D eigenvalue weighted by atomic mass is 9.76. The van der Waals surface area contributed by atoms with Crippen LogP contribution in [0.2, 0.25) is 0 Å². The maximum absolute atomic E-state index is 12.9. The van der Waals surface area contributed by atoms with E-state index in [-0.39, 0.29) is 5.75 Å². The number of rotatable bonds is 4. The Hall–Kier alpha value is -2.81. The highest BCUT2D eigenvalue weighted by molar-refractivity contribution is 7.91. The van der Waals surface area contributed by atoms with Crippen LogP contribution in [-0.4, -0.2) is 42.9 Å². The van der Waals surface area contributed by atoms with E-state index in [0.717, 1.165) is 27.7 Å². The van der Waals surface area contributed by atoms with Crippen LogP contribution in [0.1, 0.15) is 34.5 Å². The van der Waals surface area contributed by atoms with Crippen LogP contribution in [0.5, 0.6) is 0 Å². The molecule has 1 N–H and O–H groups in total. The molecule has 0 bridgehead atoms. The number of hydrogen-bond acceptors (Lipinski definition) is 6. The van der Waals surface area contributed by atoms with Gasteiger partial charge in [0, 0.05) is 12.0 Å². The molecule has 2 aromatic carbocycles. The first kappa shape index (κ1) is 21.1. The third-order valence-corrected chi connectivity index (χ3v) is 7.82. The van der Waals surface area contributed by atoms with E-state index >= 15 is 0 Å². The monoisotopic (exact) mass is 446 g/mol. The second kappa shape index (κ2) is 8.28. The lowest BCUT2D eigenvalue weighted by Gasteiger charge is -2.20. The molecule has 0 spiro atoms. The van der Waals surface area contributed by atoms with Crippen molar-refractivity contribution < 1.29 is 18.1 Å². The fourth-order valence-electron chi connectivity index (χ4n) is 4.33. The lowest BCUT2D eigenvalue weighted by Crippen LogP contribution is -2.21. The summed E-state index contributed by atoms with van der Waals surface area (Å²) in [5.41, 5.74) is 5.72. The van der Waals surface area contributed by atoms with Gasteiger partial charge in [-0.25, -0.2) is 18.4 Å². The van der Waals surface area contributed by atoms with Crippen LogP contribution in [0.3, 0.4) is 0 Å². The van der Waals surface area contributed by atoms with Crippen LogP contribution >= 0.6 is 0 Å². The summed E-state index contributed by atoms with van der Waals surface area (Å²) < 4.78 is 31.0. The van der Waals surface area contributed by atoms with Gasteiger partial charge in [0.25, 0.3) is 0 Å². The number of fused-ring (bicyclic) bond motifs is 1. The van der Waals surface area contributed by atoms with Crippen molar-refractivity contribution in [2.24, 2.45) is 0 Å². The Labute approximate surface area is 188 Å². The summed E-state index contributed by atoms with van der Waals surface area (Å²) in [5.74, 6) is 0.693. The molecule has 2 aliphatic rings. The number of nitrogens with zero attached hydrogens (tertiary/aromatic N) is 2. The summed E-state index contributed by atoms with van der Waals surface area (Å²) in [4.78, 5) is 9.69. The van der Waals surface area contributed by atoms with Crippen LogP contribution in [0.4, 0.5) is 0 Å². The molecule has 0 amide bonds. The lowest BCUT2D eigenvalue weighted by molar-refractivity contribution is 0.316. The van der Waals surface area contributed by atoms with Gasteiger partial charge < -0.3 is 9.68 Å². The standard InChI is InChI=1S/C24H23BN2O4S/c1-16-4-2-5-19(14-16)24-26-21-6-3-13-32(29,30)23(21)22(27-24)15-17-7-9-18(10-8-17)20-11-12-31-25(20)28/h2,4-5,7-11,14,28H,3,6,12-13,15H2,1H3. The average molecular weight is 446 g/mol. The third kappa shape index (κ3) is 4.01. The van der Waals surface area contributed by atoms with Crippen LogP contribution in [0, 0.1) is 6.92 Å². The normalized spacial score (nSPS) is 17.2. The first-order chi connectivity index (χ1) is 15.4. The summed E-state index contributed by atoms with van der Waals surface area (Å²) in [5, 5.41) is 9.92. The largest absolute Gasteiger partial charge is 0.491 e. The van der Waals surface area contributed by atoms with Crippen molar-refractivity contribution in [3.63, 3.8) is 0 Å². The van der Waals surface area contributed by atoms with Gasteiger partial charge in [-0.05, 0) is 42.4 Å². The molecule has 162 valence electrons. The van der Waals surface area contributed by atoms with Gasteiger partial charge in [0.15, 0.2) is 15.7 Å². The summed E-state index contributed by atoms with van der Waals surface area (Å²) in [6.07, 6.45) is 3.46. The molecular formula is C24H23BN2O4S. The molecule has 0 aliphatic carbocycles. The van der Waals surface area contributed by atoms with Crippen molar-refractivity contribution >= 4 is 22.4 Å². The highest BCUT2D eigenvalue weighted by atomic mass is 32.2. The zero-order valence-electron chi connectivity index (χ0n) is 17.8. The summed E-state index contributed by atoms with van der Waals surface area (Å²) >= 11 is 0. The number of benzene rings is 2. The van der Waals surface area contributed by atoms with Crippen LogP contribution in [0.15, 0.2) is 59.5 Å². The van der Waals surface area contributed by atoms with Crippen molar-refractivity contribution in [1.29, 1.82) is 0 Å². The van der Waals surface area contributed by atoms with Gasteiger partial charge in [-0.1, -0.05) is 54.1 Å². The molecule has 0 saturated carbocycles. The molecule has 0 atom stereocenters. The van der Waals surface area contributed by atoms with Gasteiger partial charge in [0.2, 0.25) is 0 Å². The van der Waals surface area contributed by atoms with E-state index in [0.29, 0.717) is 48.0 Å². The van der Waals surface area contributed by atoms with Crippen LogP contribution in [-0.2, 0) is 27.3 Å². The number of sulfone groups is 1.